The van der Waals surface area contributed by atoms with Gasteiger partial charge in [-0.3, -0.25) is 9.78 Å². The van der Waals surface area contributed by atoms with Crippen molar-refractivity contribution in [2.45, 2.75) is 24.8 Å². The number of amides is 1. The highest BCUT2D eigenvalue weighted by Crippen LogP contribution is 2.30. The van der Waals surface area contributed by atoms with Gasteiger partial charge in [-0.15, -0.1) is 0 Å². The van der Waals surface area contributed by atoms with Crippen LogP contribution in [0.3, 0.4) is 0 Å². The number of alkyl halides is 3. The fourth-order valence-corrected chi connectivity index (χ4v) is 3.59. The minimum atomic E-state index is -4.74. The minimum absolute atomic E-state index is 0.103. The van der Waals surface area contributed by atoms with E-state index in [-0.39, 0.29) is 25.3 Å². The normalized spacial score (nSPS) is 22.2. The summed E-state index contributed by atoms with van der Waals surface area (Å²) in [6.45, 7) is 1.53. The van der Waals surface area contributed by atoms with E-state index in [2.05, 4.69) is 4.98 Å². The van der Waals surface area contributed by atoms with Gasteiger partial charge >= 0.3 is 6.18 Å². The van der Waals surface area contributed by atoms with Crippen molar-refractivity contribution < 1.29 is 26.4 Å². The predicted molar refractivity (Wildman–Crippen MR) is 73.0 cm³/mol. The zero-order valence-corrected chi connectivity index (χ0v) is 12.6. The quantitative estimate of drug-likeness (QED) is 0.784. The van der Waals surface area contributed by atoms with Crippen LogP contribution in [0.25, 0.3) is 0 Å². The van der Waals surface area contributed by atoms with Crippen molar-refractivity contribution in [1.29, 1.82) is 0 Å². The van der Waals surface area contributed by atoms with E-state index in [4.69, 9.17) is 0 Å². The van der Waals surface area contributed by atoms with E-state index >= 15 is 0 Å². The lowest BCUT2D eigenvalue weighted by Gasteiger charge is -2.21. The summed E-state index contributed by atoms with van der Waals surface area (Å²) in [7, 11) is -3.32. The molecule has 9 heteroatoms. The Morgan fingerprint density at radius 2 is 2.05 bits per heavy atom. The molecular formula is C13H15F3N2O3S. The first kappa shape index (κ1) is 16.7. The molecule has 1 aromatic rings. The first-order chi connectivity index (χ1) is 10.1. The van der Waals surface area contributed by atoms with Gasteiger partial charge in [0.2, 0.25) is 0 Å². The van der Waals surface area contributed by atoms with Crippen molar-refractivity contribution in [1.82, 2.24) is 9.88 Å². The smallest absolute Gasteiger partial charge is 0.338 e. The number of hydrogen-bond acceptors (Lipinski definition) is 4. The van der Waals surface area contributed by atoms with E-state index in [1.807, 2.05) is 0 Å². The van der Waals surface area contributed by atoms with Gasteiger partial charge < -0.3 is 4.90 Å². The zero-order chi connectivity index (χ0) is 16.5. The van der Waals surface area contributed by atoms with Gasteiger partial charge in [0.1, 0.15) is 0 Å². The lowest BCUT2D eigenvalue weighted by molar-refractivity contribution is -0.141. The summed E-state index contributed by atoms with van der Waals surface area (Å²) in [6, 6.07) is 2.31. The van der Waals surface area contributed by atoms with Gasteiger partial charge in [-0.25, -0.2) is 8.42 Å². The van der Waals surface area contributed by atoms with Crippen LogP contribution in [0.15, 0.2) is 18.3 Å². The Morgan fingerprint density at radius 1 is 1.36 bits per heavy atom. The molecule has 1 amide bonds. The molecule has 5 nitrogen and oxygen atoms in total. The van der Waals surface area contributed by atoms with Crippen LogP contribution in [0.2, 0.25) is 0 Å². The van der Waals surface area contributed by atoms with E-state index in [0.29, 0.717) is 0 Å². The number of rotatable bonds is 1. The Balaban J connectivity index is 2.30. The van der Waals surface area contributed by atoms with Crippen molar-refractivity contribution in [3.8, 4) is 0 Å². The Hall–Kier alpha value is -1.64. The molecule has 0 radical (unpaired) electrons. The maximum atomic E-state index is 12.9. The van der Waals surface area contributed by atoms with Gasteiger partial charge in [0.25, 0.3) is 5.91 Å². The van der Waals surface area contributed by atoms with Gasteiger partial charge in [-0.2, -0.15) is 13.2 Å². The summed E-state index contributed by atoms with van der Waals surface area (Å²) >= 11 is 0. The van der Waals surface area contributed by atoms with Crippen LogP contribution in [0.4, 0.5) is 13.2 Å². The average Bonchev–Trinajstić information content (AvgIpc) is 2.57. The number of aromatic nitrogens is 1. The van der Waals surface area contributed by atoms with Crippen molar-refractivity contribution in [3.05, 3.63) is 29.6 Å². The van der Waals surface area contributed by atoms with Crippen LogP contribution >= 0.6 is 0 Å². The third kappa shape index (κ3) is 3.40. The second-order valence-corrected chi connectivity index (χ2v) is 7.69. The van der Waals surface area contributed by atoms with E-state index in [0.717, 1.165) is 17.2 Å². The number of carbonyl (C=O) groups excluding carboxylic acids is 1. The fourth-order valence-electron chi connectivity index (χ4n) is 2.24. The van der Waals surface area contributed by atoms with Crippen LogP contribution in [-0.4, -0.2) is 48.3 Å². The van der Waals surface area contributed by atoms with Crippen LogP contribution in [-0.2, 0) is 16.0 Å². The molecule has 122 valence electrons. The molecule has 0 saturated carbocycles. The zero-order valence-electron chi connectivity index (χ0n) is 11.8. The van der Waals surface area contributed by atoms with Crippen molar-refractivity contribution in [2.24, 2.45) is 0 Å². The molecule has 0 aliphatic carbocycles. The maximum absolute atomic E-state index is 12.9. The molecule has 22 heavy (non-hydrogen) atoms. The molecule has 1 saturated heterocycles. The standard InChI is InChI=1S/C13H15F3N2O3S/c1-9-4-6-18(7-8-22(9,20)21)12(19)10-3-2-5-17-11(10)13(14,15)16/h2-3,5,9H,4,6-8H2,1H3. The lowest BCUT2D eigenvalue weighted by Crippen LogP contribution is -2.35. The molecule has 2 heterocycles. The summed E-state index contributed by atoms with van der Waals surface area (Å²) in [6.07, 6.45) is -3.57. The number of hydrogen-bond donors (Lipinski definition) is 0. The average molecular weight is 336 g/mol. The predicted octanol–water partition coefficient (Wildman–Crippen LogP) is 1.75. The molecule has 1 atom stereocenters. The van der Waals surface area contributed by atoms with Gasteiger partial charge in [0, 0.05) is 19.3 Å². The number of nitrogens with zero attached hydrogens (tertiary/aromatic N) is 2. The first-order valence-corrected chi connectivity index (χ1v) is 8.37. The van der Waals surface area contributed by atoms with Crippen LogP contribution in [0.1, 0.15) is 29.4 Å². The number of pyridine rings is 1. The van der Waals surface area contributed by atoms with Crippen LogP contribution in [0.5, 0.6) is 0 Å². The monoisotopic (exact) mass is 336 g/mol. The van der Waals surface area contributed by atoms with E-state index in [9.17, 15) is 26.4 Å². The molecule has 0 N–H and O–H groups in total. The molecule has 2 rings (SSSR count). The number of halogens is 3. The van der Waals surface area contributed by atoms with Gasteiger partial charge in [-0.1, -0.05) is 0 Å². The molecule has 0 bridgehead atoms. The van der Waals surface area contributed by atoms with Crippen LogP contribution in [0, 0.1) is 0 Å². The Bertz CT molecular complexity index is 673. The second-order valence-electron chi connectivity index (χ2n) is 5.16. The summed E-state index contributed by atoms with van der Waals surface area (Å²) in [5.74, 6) is -1.09. The molecular weight excluding hydrogens is 321 g/mol. The van der Waals surface area contributed by atoms with Crippen molar-refractivity contribution in [3.63, 3.8) is 0 Å². The largest absolute Gasteiger partial charge is 0.434 e. The molecule has 1 fully saturated rings. The fraction of sp³-hybridized carbons (Fsp3) is 0.538. The maximum Gasteiger partial charge on any atom is 0.434 e. The minimum Gasteiger partial charge on any atom is -0.338 e. The molecule has 0 aromatic carbocycles. The third-order valence-electron chi connectivity index (χ3n) is 3.66. The highest BCUT2D eigenvalue weighted by atomic mass is 32.2. The van der Waals surface area contributed by atoms with Crippen LogP contribution < -0.4 is 0 Å². The molecule has 1 aromatic heterocycles. The van der Waals surface area contributed by atoms with E-state index < -0.39 is 38.4 Å². The summed E-state index contributed by atoms with van der Waals surface area (Å²) < 4.78 is 62.3. The summed E-state index contributed by atoms with van der Waals surface area (Å²) in [4.78, 5) is 16.7. The third-order valence-corrected chi connectivity index (χ3v) is 5.87. The first-order valence-electron chi connectivity index (χ1n) is 6.66. The number of carbonyl (C=O) groups is 1. The highest BCUT2D eigenvalue weighted by Gasteiger charge is 2.38. The second kappa shape index (κ2) is 5.86. The SMILES string of the molecule is CC1CCN(C(=O)c2cccnc2C(F)(F)F)CCS1(=O)=O. The lowest BCUT2D eigenvalue weighted by atomic mass is 10.1. The topological polar surface area (TPSA) is 67.3 Å². The van der Waals surface area contributed by atoms with E-state index in [1.54, 1.807) is 0 Å². The molecule has 1 aliphatic rings. The summed E-state index contributed by atoms with van der Waals surface area (Å²) in [5, 5.41) is -0.610. The molecule has 1 aliphatic heterocycles. The number of sulfone groups is 1. The van der Waals surface area contributed by atoms with Gasteiger partial charge in [0.05, 0.1) is 16.6 Å². The van der Waals surface area contributed by atoms with Gasteiger partial charge in [0.15, 0.2) is 15.5 Å². The Morgan fingerprint density at radius 3 is 2.68 bits per heavy atom. The molecule has 1 unspecified atom stereocenters. The Labute approximate surface area is 126 Å². The highest BCUT2D eigenvalue weighted by molar-refractivity contribution is 7.92. The Kier molecular flexibility index (Phi) is 4.46. The van der Waals surface area contributed by atoms with Gasteiger partial charge in [-0.05, 0) is 25.5 Å². The van der Waals surface area contributed by atoms with Crippen molar-refractivity contribution in [2.75, 3.05) is 18.8 Å². The summed E-state index contributed by atoms with van der Waals surface area (Å²) in [5.41, 5.74) is -1.80. The van der Waals surface area contributed by atoms with Crippen molar-refractivity contribution >= 4 is 15.7 Å². The van der Waals surface area contributed by atoms with E-state index in [1.165, 1.54) is 13.0 Å². The molecule has 0 spiro atoms.